The summed E-state index contributed by atoms with van der Waals surface area (Å²) in [6, 6.07) is 0.673. The molecule has 0 radical (unpaired) electrons. The van der Waals surface area contributed by atoms with Gasteiger partial charge in [-0.1, -0.05) is 125 Å². The van der Waals surface area contributed by atoms with Crippen LogP contribution in [0.1, 0.15) is 98.3 Å². The predicted molar refractivity (Wildman–Crippen MR) is 128 cm³/mol. The standard InChI is InChI=1S/C23H46NSi.2ClH.Ti/c1-18-19(2)21(4)23(20(18)3)25(5,6)24-22-16-14-12-10-8-7-9-11-13-15-17-22;;;/h18-23H,7-17H2,1-6H3;2*1H;/q-1;;;+2/p-2. The number of nitrogens with zero attached hydrogens (tertiary/aromatic N) is 1. The zero-order valence-corrected chi connectivity index (χ0v) is 23.5. The summed E-state index contributed by atoms with van der Waals surface area (Å²) in [5.74, 6) is 3.47. The quantitative estimate of drug-likeness (QED) is 0.355. The molecule has 0 aromatic heterocycles. The van der Waals surface area contributed by atoms with E-state index < -0.39 is 25.3 Å². The van der Waals surface area contributed by atoms with Gasteiger partial charge in [0.1, 0.15) is 0 Å². The van der Waals surface area contributed by atoms with Gasteiger partial charge in [0.15, 0.2) is 0 Å². The van der Waals surface area contributed by atoms with Gasteiger partial charge in [0.2, 0.25) is 0 Å². The number of rotatable bonds is 3. The van der Waals surface area contributed by atoms with Gasteiger partial charge in [-0.25, -0.2) is 0 Å². The predicted octanol–water partition coefficient (Wildman–Crippen LogP) is 9.54. The zero-order valence-electron chi connectivity index (χ0n) is 19.4. The van der Waals surface area contributed by atoms with Crippen LogP contribution in [0.15, 0.2) is 0 Å². The molecule has 0 aromatic carbocycles. The topological polar surface area (TPSA) is 14.1 Å². The van der Waals surface area contributed by atoms with E-state index >= 15 is 0 Å². The first-order valence-corrected chi connectivity index (χ1v) is 19.3. The van der Waals surface area contributed by atoms with Crippen LogP contribution in [0.2, 0.25) is 18.6 Å². The van der Waals surface area contributed by atoms with Crippen molar-refractivity contribution in [1.82, 2.24) is 0 Å². The molecule has 2 saturated carbocycles. The van der Waals surface area contributed by atoms with E-state index in [0.29, 0.717) is 6.04 Å². The molecule has 0 amide bonds. The number of hydrogen-bond donors (Lipinski definition) is 0. The summed E-state index contributed by atoms with van der Waals surface area (Å²) in [6.45, 7) is 15.2. The maximum atomic E-state index is 5.69. The molecule has 2 aliphatic rings. The molecule has 2 fully saturated rings. The van der Waals surface area contributed by atoms with Gasteiger partial charge < -0.3 is 4.98 Å². The van der Waals surface area contributed by atoms with Gasteiger partial charge in [0, 0.05) is 0 Å². The first-order valence-electron chi connectivity index (χ1n) is 11.9. The summed E-state index contributed by atoms with van der Waals surface area (Å²) < 4.78 is 0. The molecule has 0 heterocycles. The molecule has 2 rings (SSSR count). The summed E-state index contributed by atoms with van der Waals surface area (Å²) >= 11 is -0.556. The molecular weight excluding hydrogens is 437 g/mol. The van der Waals surface area contributed by atoms with Crippen LogP contribution in [0.3, 0.4) is 0 Å². The normalized spacial score (nSPS) is 33.9. The van der Waals surface area contributed by atoms with E-state index in [-0.39, 0.29) is 0 Å². The summed E-state index contributed by atoms with van der Waals surface area (Å²) in [7, 11) is 8.24. The molecule has 0 saturated heterocycles. The Morgan fingerprint density at radius 3 is 1.32 bits per heavy atom. The third-order valence-electron chi connectivity index (χ3n) is 8.03. The van der Waals surface area contributed by atoms with E-state index in [4.69, 9.17) is 23.6 Å². The Bertz CT molecular complexity index is 384. The fraction of sp³-hybridized carbons (Fsp3) is 1.00. The van der Waals surface area contributed by atoms with Gasteiger partial charge >= 0.3 is 35.6 Å². The van der Waals surface area contributed by atoms with Gasteiger partial charge in [0.05, 0.1) is 0 Å². The molecule has 0 aliphatic heterocycles. The Kier molecular flexibility index (Phi) is 14.3. The van der Waals surface area contributed by atoms with Crippen molar-refractivity contribution >= 4 is 26.8 Å². The molecule has 2 aliphatic carbocycles. The van der Waals surface area contributed by atoms with Crippen LogP contribution < -0.4 is 0 Å². The monoisotopic (exact) mass is 482 g/mol. The van der Waals surface area contributed by atoms with E-state index in [1.165, 1.54) is 70.6 Å². The molecule has 0 aromatic rings. The van der Waals surface area contributed by atoms with Crippen molar-refractivity contribution in [3.8, 4) is 0 Å². The summed E-state index contributed by atoms with van der Waals surface area (Å²) in [5, 5.41) is 0. The molecule has 4 atom stereocenters. The Morgan fingerprint density at radius 1 is 0.643 bits per heavy atom. The van der Waals surface area contributed by atoms with Crippen molar-refractivity contribution in [3.05, 3.63) is 4.98 Å². The van der Waals surface area contributed by atoms with Crippen molar-refractivity contribution in [1.29, 1.82) is 0 Å². The summed E-state index contributed by atoms with van der Waals surface area (Å²) in [5.41, 5.74) is 0.888. The summed E-state index contributed by atoms with van der Waals surface area (Å²) in [6.07, 6.45) is 15.8. The van der Waals surface area contributed by atoms with Gasteiger partial charge in [-0.05, 0) is 23.7 Å². The fourth-order valence-corrected chi connectivity index (χ4v) is 10.8. The first-order chi connectivity index (χ1) is 13.3. The van der Waals surface area contributed by atoms with Crippen LogP contribution in [-0.4, -0.2) is 14.3 Å². The second-order valence-electron chi connectivity index (χ2n) is 10.2. The van der Waals surface area contributed by atoms with Crippen molar-refractivity contribution in [2.24, 2.45) is 23.7 Å². The Balaban J connectivity index is 0.00000122. The van der Waals surface area contributed by atoms with Gasteiger partial charge in [-0.15, -0.1) is 6.04 Å². The van der Waals surface area contributed by atoms with E-state index in [1.54, 1.807) is 0 Å². The average Bonchev–Trinajstić information content (AvgIpc) is 2.81. The number of hydrogen-bond acceptors (Lipinski definition) is 0. The van der Waals surface area contributed by atoms with E-state index in [9.17, 15) is 0 Å². The molecule has 28 heavy (non-hydrogen) atoms. The van der Waals surface area contributed by atoms with Crippen LogP contribution in [0, 0.1) is 23.7 Å². The van der Waals surface area contributed by atoms with Crippen molar-refractivity contribution in [3.63, 3.8) is 0 Å². The molecule has 0 bridgehead atoms. The fourth-order valence-electron chi connectivity index (χ4n) is 6.20. The summed E-state index contributed by atoms with van der Waals surface area (Å²) in [4.78, 5) is 5.69. The SMILES string of the molecule is CC1C(C)C(C)C([Si](C)(C)[N-]C2CCCCCCCCCCC2)C1C.[Cl][Ti][Cl]. The van der Waals surface area contributed by atoms with E-state index in [2.05, 4.69) is 40.8 Å². The molecule has 4 unspecified atom stereocenters. The average molecular weight is 483 g/mol. The second-order valence-corrected chi connectivity index (χ2v) is 17.0. The van der Waals surface area contributed by atoms with Crippen LogP contribution >= 0.6 is 18.6 Å². The van der Waals surface area contributed by atoms with E-state index in [0.717, 1.165) is 29.2 Å². The Morgan fingerprint density at radius 2 is 0.964 bits per heavy atom. The van der Waals surface area contributed by atoms with Crippen LogP contribution in [0.25, 0.3) is 4.98 Å². The molecule has 0 spiro atoms. The van der Waals surface area contributed by atoms with Crippen molar-refractivity contribution in [2.45, 2.75) is 123 Å². The van der Waals surface area contributed by atoms with Crippen LogP contribution in [-0.2, 0) is 17.0 Å². The van der Waals surface area contributed by atoms with E-state index in [1.807, 2.05) is 0 Å². The van der Waals surface area contributed by atoms with Crippen LogP contribution in [0.4, 0.5) is 0 Å². The molecule has 166 valence electrons. The number of halogens is 2. The Labute approximate surface area is 194 Å². The van der Waals surface area contributed by atoms with Gasteiger partial charge in [0.25, 0.3) is 0 Å². The zero-order chi connectivity index (χ0) is 21.2. The molecule has 1 nitrogen and oxygen atoms in total. The van der Waals surface area contributed by atoms with Crippen LogP contribution in [0.5, 0.6) is 0 Å². The Hall–Kier alpha value is 1.47. The molecular formula is C23H46Cl2NSiTi-. The molecule has 0 N–H and O–H groups in total. The van der Waals surface area contributed by atoms with Crippen molar-refractivity contribution < 1.29 is 17.0 Å². The maximum absolute atomic E-state index is 5.69. The third-order valence-corrected chi connectivity index (χ3v) is 11.7. The second kappa shape index (κ2) is 14.5. The van der Waals surface area contributed by atoms with Gasteiger partial charge in [-0.3, -0.25) is 0 Å². The third kappa shape index (κ3) is 8.91. The molecule has 5 heteroatoms. The minimum atomic E-state index is -1.53. The minimum absolute atomic E-state index is 0.556. The van der Waals surface area contributed by atoms with Gasteiger partial charge in [-0.2, -0.15) is 0 Å². The first kappa shape index (κ1) is 27.5. The van der Waals surface area contributed by atoms with Crippen molar-refractivity contribution in [2.75, 3.05) is 0 Å².